The monoisotopic (exact) mass is 412 g/mol. The van der Waals surface area contributed by atoms with Crippen molar-refractivity contribution in [1.82, 2.24) is 24.7 Å². The van der Waals surface area contributed by atoms with E-state index in [1.807, 2.05) is 34.9 Å². The molecule has 156 valence electrons. The number of hydrogen-bond donors (Lipinski definition) is 2. The molecule has 1 unspecified atom stereocenters. The Labute approximate surface area is 180 Å². The fraction of sp³-hybridized carbons (Fsp3) is 0.250. The van der Waals surface area contributed by atoms with Crippen molar-refractivity contribution in [2.45, 2.75) is 25.8 Å². The quantitative estimate of drug-likeness (QED) is 0.485. The van der Waals surface area contributed by atoms with Crippen LogP contribution in [-0.4, -0.2) is 44.3 Å². The summed E-state index contributed by atoms with van der Waals surface area (Å²) in [6.07, 6.45) is 9.33. The van der Waals surface area contributed by atoms with E-state index in [2.05, 4.69) is 32.7 Å². The zero-order valence-electron chi connectivity index (χ0n) is 17.4. The predicted molar refractivity (Wildman–Crippen MR) is 121 cm³/mol. The number of piperidine rings is 1. The topological polar surface area (TPSA) is 84.2 Å². The summed E-state index contributed by atoms with van der Waals surface area (Å²) in [5.41, 5.74) is 5.16. The third-order valence-electron chi connectivity index (χ3n) is 5.66. The highest BCUT2D eigenvalue weighted by atomic mass is 16.1. The van der Waals surface area contributed by atoms with E-state index in [4.69, 9.17) is 4.98 Å². The lowest BCUT2D eigenvalue weighted by atomic mass is 10.0. The van der Waals surface area contributed by atoms with Crippen molar-refractivity contribution in [3.05, 3.63) is 66.9 Å². The standard InChI is InChI=1S/C24H24N6O/c1-16(31)22-14-27-23(28-20-6-3-9-26-13-20)24-29-21(15-30(22)24)19-5-2-4-18(12-19)17-7-10-25-11-8-17/h2,4-5,7-8,10-12,14-15,20,26H,3,6,9,13H2,1H3,(H,27,28). The molecule has 0 bridgehead atoms. The number of ketones is 1. The molecule has 0 aliphatic carbocycles. The van der Waals surface area contributed by atoms with Crippen LogP contribution >= 0.6 is 0 Å². The molecular weight excluding hydrogens is 388 g/mol. The second-order valence-corrected chi connectivity index (χ2v) is 7.87. The minimum absolute atomic E-state index is 0.0436. The Kier molecular flexibility index (Phi) is 5.18. The number of fused-ring (bicyclic) bond motifs is 1. The van der Waals surface area contributed by atoms with Crippen LogP contribution < -0.4 is 10.6 Å². The van der Waals surface area contributed by atoms with Crippen LogP contribution in [0.1, 0.15) is 30.3 Å². The van der Waals surface area contributed by atoms with E-state index in [1.54, 1.807) is 25.5 Å². The smallest absolute Gasteiger partial charge is 0.181 e. The number of rotatable bonds is 5. The predicted octanol–water partition coefficient (Wildman–Crippen LogP) is 3.82. The summed E-state index contributed by atoms with van der Waals surface area (Å²) in [5, 5.41) is 6.93. The van der Waals surface area contributed by atoms with Crippen molar-refractivity contribution in [3.8, 4) is 22.4 Å². The van der Waals surface area contributed by atoms with E-state index in [1.165, 1.54) is 0 Å². The Morgan fingerprint density at radius 2 is 2.00 bits per heavy atom. The molecule has 0 radical (unpaired) electrons. The highest BCUT2D eigenvalue weighted by Gasteiger charge is 2.19. The number of nitrogens with zero attached hydrogens (tertiary/aromatic N) is 4. The van der Waals surface area contributed by atoms with E-state index in [9.17, 15) is 4.79 Å². The molecule has 7 heteroatoms. The van der Waals surface area contributed by atoms with E-state index < -0.39 is 0 Å². The van der Waals surface area contributed by atoms with Crippen molar-refractivity contribution in [2.24, 2.45) is 0 Å². The average Bonchev–Trinajstić information content (AvgIpc) is 3.26. The first-order valence-electron chi connectivity index (χ1n) is 10.6. The van der Waals surface area contributed by atoms with E-state index in [0.717, 1.165) is 48.3 Å². The van der Waals surface area contributed by atoms with E-state index >= 15 is 0 Å². The van der Waals surface area contributed by atoms with Crippen molar-refractivity contribution < 1.29 is 4.79 Å². The molecule has 1 fully saturated rings. The number of pyridine rings is 1. The number of carbonyl (C=O) groups excluding carboxylic acids is 1. The Morgan fingerprint density at radius 1 is 1.16 bits per heavy atom. The van der Waals surface area contributed by atoms with Gasteiger partial charge in [-0.05, 0) is 48.7 Å². The molecule has 0 amide bonds. The minimum Gasteiger partial charge on any atom is -0.363 e. The third-order valence-corrected chi connectivity index (χ3v) is 5.66. The normalized spacial score (nSPS) is 16.4. The summed E-state index contributed by atoms with van der Waals surface area (Å²) in [6, 6.07) is 12.5. The van der Waals surface area contributed by atoms with Crippen molar-refractivity contribution in [3.63, 3.8) is 0 Å². The summed E-state index contributed by atoms with van der Waals surface area (Å²) >= 11 is 0. The van der Waals surface area contributed by atoms with Crippen LogP contribution in [0, 0.1) is 0 Å². The van der Waals surface area contributed by atoms with Gasteiger partial charge in [-0.3, -0.25) is 14.2 Å². The molecule has 3 aromatic heterocycles. The second-order valence-electron chi connectivity index (χ2n) is 7.87. The van der Waals surface area contributed by atoms with E-state index in [-0.39, 0.29) is 5.78 Å². The molecule has 2 N–H and O–H groups in total. The van der Waals surface area contributed by atoms with Gasteiger partial charge in [0.1, 0.15) is 5.69 Å². The van der Waals surface area contributed by atoms with Crippen LogP contribution in [0.15, 0.2) is 61.2 Å². The summed E-state index contributed by atoms with van der Waals surface area (Å²) in [4.78, 5) is 25.7. The van der Waals surface area contributed by atoms with Crippen LogP contribution in [0.25, 0.3) is 28.0 Å². The fourth-order valence-electron chi connectivity index (χ4n) is 4.05. The van der Waals surface area contributed by atoms with Gasteiger partial charge in [0.25, 0.3) is 0 Å². The summed E-state index contributed by atoms with van der Waals surface area (Å²) in [6.45, 7) is 3.49. The second kappa shape index (κ2) is 8.28. The molecule has 4 aromatic rings. The Hall–Kier alpha value is -3.58. The maximum Gasteiger partial charge on any atom is 0.181 e. The van der Waals surface area contributed by atoms with E-state index in [0.29, 0.717) is 23.2 Å². The molecule has 1 aromatic carbocycles. The molecular formula is C24H24N6O. The van der Waals surface area contributed by atoms with Gasteiger partial charge in [-0.15, -0.1) is 0 Å². The Morgan fingerprint density at radius 3 is 2.77 bits per heavy atom. The first-order chi connectivity index (χ1) is 15.2. The third kappa shape index (κ3) is 3.92. The van der Waals surface area contributed by atoms with Gasteiger partial charge in [0.05, 0.1) is 11.9 Å². The molecule has 0 spiro atoms. The summed E-state index contributed by atoms with van der Waals surface area (Å²) < 4.78 is 1.85. The van der Waals surface area contributed by atoms with Crippen LogP contribution in [0.2, 0.25) is 0 Å². The van der Waals surface area contributed by atoms with Crippen LogP contribution in [0.5, 0.6) is 0 Å². The Balaban J connectivity index is 1.58. The number of imidazole rings is 1. The van der Waals surface area contributed by atoms with Crippen LogP contribution in [-0.2, 0) is 0 Å². The maximum atomic E-state index is 12.2. The average molecular weight is 412 g/mol. The van der Waals surface area contributed by atoms with Crippen molar-refractivity contribution in [2.75, 3.05) is 18.4 Å². The number of anilines is 1. The lowest BCUT2D eigenvalue weighted by Crippen LogP contribution is -2.38. The van der Waals surface area contributed by atoms with Gasteiger partial charge in [-0.25, -0.2) is 9.97 Å². The number of nitrogens with one attached hydrogen (secondary N) is 2. The van der Waals surface area contributed by atoms with Gasteiger partial charge in [-0.2, -0.15) is 0 Å². The fourth-order valence-corrected chi connectivity index (χ4v) is 4.05. The number of carbonyl (C=O) groups is 1. The van der Waals surface area contributed by atoms with Gasteiger partial charge < -0.3 is 10.6 Å². The minimum atomic E-state index is -0.0436. The first kappa shape index (κ1) is 19.4. The number of Topliss-reactive ketones (excluding diaryl/α,β-unsaturated/α-hetero) is 1. The van der Waals surface area contributed by atoms with Gasteiger partial charge >= 0.3 is 0 Å². The zero-order chi connectivity index (χ0) is 21.2. The number of hydrogen-bond acceptors (Lipinski definition) is 6. The van der Waals surface area contributed by atoms with Gasteiger partial charge in [-0.1, -0.05) is 18.2 Å². The molecule has 1 aliphatic rings. The molecule has 31 heavy (non-hydrogen) atoms. The van der Waals surface area contributed by atoms with Crippen molar-refractivity contribution >= 4 is 17.2 Å². The van der Waals surface area contributed by atoms with Gasteiger partial charge in [0.2, 0.25) is 0 Å². The molecule has 1 aliphatic heterocycles. The lowest BCUT2D eigenvalue weighted by Gasteiger charge is -2.24. The van der Waals surface area contributed by atoms with Gasteiger partial charge in [0.15, 0.2) is 17.2 Å². The highest BCUT2D eigenvalue weighted by Crippen LogP contribution is 2.28. The zero-order valence-corrected chi connectivity index (χ0v) is 17.4. The summed E-state index contributed by atoms with van der Waals surface area (Å²) in [7, 11) is 0. The molecule has 1 saturated heterocycles. The van der Waals surface area contributed by atoms with Crippen LogP contribution in [0.4, 0.5) is 5.82 Å². The molecule has 5 rings (SSSR count). The number of aromatic nitrogens is 4. The molecule has 4 heterocycles. The van der Waals surface area contributed by atoms with Gasteiger partial charge in [0, 0.05) is 43.7 Å². The Bertz CT molecular complexity index is 1230. The molecule has 0 saturated carbocycles. The number of benzene rings is 1. The molecule has 7 nitrogen and oxygen atoms in total. The lowest BCUT2D eigenvalue weighted by molar-refractivity contribution is 0.101. The largest absolute Gasteiger partial charge is 0.363 e. The molecule has 1 atom stereocenters. The summed E-state index contributed by atoms with van der Waals surface area (Å²) in [5.74, 6) is 0.660. The SMILES string of the molecule is CC(=O)c1cnc(NC2CCCNC2)c2nc(-c3cccc(-c4ccncc4)c3)cn12. The van der Waals surface area contributed by atoms with Crippen LogP contribution in [0.3, 0.4) is 0 Å². The highest BCUT2D eigenvalue weighted by molar-refractivity contribution is 5.93. The van der Waals surface area contributed by atoms with Crippen molar-refractivity contribution in [1.29, 1.82) is 0 Å². The first-order valence-corrected chi connectivity index (χ1v) is 10.6. The maximum absolute atomic E-state index is 12.2.